The maximum atomic E-state index is 10.5. The molecular formula is C10H7Cl2N5O2. The van der Waals surface area contributed by atoms with E-state index in [0.29, 0.717) is 12.4 Å². The van der Waals surface area contributed by atoms with Crippen molar-refractivity contribution >= 4 is 34.7 Å². The lowest BCUT2D eigenvalue weighted by Crippen LogP contribution is -2.04. The molecule has 1 aromatic heterocycles. The van der Waals surface area contributed by atoms with Crippen LogP contribution in [0, 0.1) is 10.1 Å². The highest BCUT2D eigenvalue weighted by Crippen LogP contribution is 2.18. The van der Waals surface area contributed by atoms with E-state index in [2.05, 4.69) is 20.5 Å². The van der Waals surface area contributed by atoms with Crippen molar-refractivity contribution in [3.05, 3.63) is 50.4 Å². The van der Waals surface area contributed by atoms with Gasteiger partial charge < -0.3 is 5.32 Å². The first-order chi connectivity index (χ1) is 9.06. The monoisotopic (exact) mass is 299 g/mol. The van der Waals surface area contributed by atoms with Gasteiger partial charge in [0.2, 0.25) is 5.28 Å². The Kier molecular flexibility index (Phi) is 4.08. The van der Waals surface area contributed by atoms with E-state index in [-0.39, 0.29) is 16.1 Å². The Morgan fingerprint density at radius 2 is 1.89 bits per heavy atom. The smallest absolute Gasteiger partial charge is 0.269 e. The second-order valence-corrected chi connectivity index (χ2v) is 4.19. The molecule has 0 bridgehead atoms. The predicted molar refractivity (Wildman–Crippen MR) is 70.3 cm³/mol. The van der Waals surface area contributed by atoms with E-state index in [4.69, 9.17) is 23.2 Å². The zero-order valence-corrected chi connectivity index (χ0v) is 10.9. The first kappa shape index (κ1) is 13.4. The number of benzene rings is 1. The topological polar surface area (TPSA) is 93.8 Å². The number of nitrogens with zero attached hydrogens (tertiary/aromatic N) is 4. The molecule has 1 aromatic carbocycles. The van der Waals surface area contributed by atoms with Crippen molar-refractivity contribution in [1.82, 2.24) is 15.2 Å². The molecule has 1 heterocycles. The Balaban J connectivity index is 2.06. The van der Waals surface area contributed by atoms with E-state index >= 15 is 0 Å². The van der Waals surface area contributed by atoms with E-state index < -0.39 is 4.92 Å². The summed E-state index contributed by atoms with van der Waals surface area (Å²) in [6, 6.07) is 6.11. The van der Waals surface area contributed by atoms with Gasteiger partial charge in [0.25, 0.3) is 5.69 Å². The summed E-state index contributed by atoms with van der Waals surface area (Å²) in [5.74, 6) is 0.306. The van der Waals surface area contributed by atoms with Crippen LogP contribution in [0.3, 0.4) is 0 Å². The van der Waals surface area contributed by atoms with Gasteiger partial charge in [-0.05, 0) is 17.2 Å². The Morgan fingerprint density at radius 3 is 2.53 bits per heavy atom. The van der Waals surface area contributed by atoms with Crippen LogP contribution in [0.15, 0.2) is 24.3 Å². The molecule has 0 aliphatic rings. The highest BCUT2D eigenvalue weighted by molar-refractivity contribution is 6.32. The largest absolute Gasteiger partial charge is 0.363 e. The van der Waals surface area contributed by atoms with E-state index in [1.165, 1.54) is 12.1 Å². The van der Waals surface area contributed by atoms with Gasteiger partial charge in [0, 0.05) is 18.7 Å². The summed E-state index contributed by atoms with van der Waals surface area (Å²) in [6.07, 6.45) is 0. The summed E-state index contributed by atoms with van der Waals surface area (Å²) in [7, 11) is 0. The van der Waals surface area contributed by atoms with Crippen molar-refractivity contribution in [1.29, 1.82) is 0 Å². The van der Waals surface area contributed by atoms with Crippen LogP contribution in [-0.4, -0.2) is 20.1 Å². The van der Waals surface area contributed by atoms with Gasteiger partial charge in [0.15, 0.2) is 11.0 Å². The number of anilines is 1. The quantitative estimate of drug-likeness (QED) is 0.689. The van der Waals surface area contributed by atoms with E-state index in [1.807, 2.05) is 0 Å². The van der Waals surface area contributed by atoms with Gasteiger partial charge >= 0.3 is 0 Å². The molecule has 0 unspecified atom stereocenters. The SMILES string of the molecule is O=[N+]([O-])c1ccc(CNc2nc(Cl)nnc2Cl)cc1. The van der Waals surface area contributed by atoms with E-state index in [9.17, 15) is 10.1 Å². The minimum Gasteiger partial charge on any atom is -0.363 e. The van der Waals surface area contributed by atoms with E-state index in [1.54, 1.807) is 12.1 Å². The molecule has 2 rings (SSSR count). The molecule has 0 aliphatic carbocycles. The number of nitro benzene ring substituents is 1. The fourth-order valence-corrected chi connectivity index (χ4v) is 1.60. The number of hydrogen-bond acceptors (Lipinski definition) is 6. The average Bonchev–Trinajstić information content (AvgIpc) is 2.40. The van der Waals surface area contributed by atoms with Gasteiger partial charge in [-0.2, -0.15) is 4.98 Å². The first-order valence-electron chi connectivity index (χ1n) is 5.09. The molecule has 0 aliphatic heterocycles. The normalized spacial score (nSPS) is 10.2. The summed E-state index contributed by atoms with van der Waals surface area (Å²) < 4.78 is 0. The lowest BCUT2D eigenvalue weighted by Gasteiger charge is -2.06. The van der Waals surface area contributed by atoms with Crippen molar-refractivity contribution in [3.63, 3.8) is 0 Å². The molecule has 0 spiro atoms. The predicted octanol–water partition coefficient (Wildman–Crippen LogP) is 2.70. The molecule has 1 N–H and O–H groups in total. The molecule has 98 valence electrons. The Labute approximate surface area is 117 Å². The molecule has 19 heavy (non-hydrogen) atoms. The maximum absolute atomic E-state index is 10.5. The lowest BCUT2D eigenvalue weighted by molar-refractivity contribution is -0.384. The average molecular weight is 300 g/mol. The number of nitrogens with one attached hydrogen (secondary N) is 1. The minimum absolute atomic E-state index is 0.0180. The maximum Gasteiger partial charge on any atom is 0.269 e. The third-order valence-electron chi connectivity index (χ3n) is 2.23. The minimum atomic E-state index is -0.456. The lowest BCUT2D eigenvalue weighted by atomic mass is 10.2. The third kappa shape index (κ3) is 3.49. The highest BCUT2D eigenvalue weighted by Gasteiger charge is 2.07. The van der Waals surface area contributed by atoms with Crippen LogP contribution < -0.4 is 5.32 Å². The summed E-state index contributed by atoms with van der Waals surface area (Å²) in [4.78, 5) is 13.9. The molecule has 9 heteroatoms. The molecule has 0 saturated heterocycles. The van der Waals surface area contributed by atoms with Gasteiger partial charge in [0.05, 0.1) is 4.92 Å². The molecular weight excluding hydrogens is 293 g/mol. The fraction of sp³-hybridized carbons (Fsp3) is 0.100. The second-order valence-electron chi connectivity index (χ2n) is 3.50. The summed E-state index contributed by atoms with van der Waals surface area (Å²) >= 11 is 11.4. The summed E-state index contributed by atoms with van der Waals surface area (Å²) in [5, 5.41) is 20.6. The summed E-state index contributed by atoms with van der Waals surface area (Å²) in [5.41, 5.74) is 0.866. The van der Waals surface area contributed by atoms with Gasteiger partial charge in [-0.25, -0.2) is 0 Å². The number of nitro groups is 1. The molecule has 0 amide bonds. The molecule has 7 nitrogen and oxygen atoms in total. The third-order valence-corrected chi connectivity index (χ3v) is 2.64. The van der Waals surface area contributed by atoms with Gasteiger partial charge in [-0.3, -0.25) is 10.1 Å². The zero-order valence-electron chi connectivity index (χ0n) is 9.38. The molecule has 0 saturated carbocycles. The summed E-state index contributed by atoms with van der Waals surface area (Å²) in [6.45, 7) is 0.382. The number of rotatable bonds is 4. The fourth-order valence-electron chi connectivity index (χ4n) is 1.33. The van der Waals surface area contributed by atoms with Crippen molar-refractivity contribution in [3.8, 4) is 0 Å². The van der Waals surface area contributed by atoms with Crippen molar-refractivity contribution < 1.29 is 4.92 Å². The zero-order chi connectivity index (χ0) is 13.8. The van der Waals surface area contributed by atoms with Gasteiger partial charge in [-0.1, -0.05) is 23.7 Å². The molecule has 2 aromatic rings. The molecule has 0 fully saturated rings. The van der Waals surface area contributed by atoms with Gasteiger partial charge in [0.1, 0.15) is 0 Å². The Hall–Kier alpha value is -1.99. The second kappa shape index (κ2) is 5.77. The Morgan fingerprint density at radius 1 is 1.21 bits per heavy atom. The molecule has 0 radical (unpaired) electrons. The van der Waals surface area contributed by atoms with E-state index in [0.717, 1.165) is 5.56 Å². The highest BCUT2D eigenvalue weighted by atomic mass is 35.5. The standard InChI is InChI=1S/C10H7Cl2N5O2/c11-8-9(14-10(12)16-15-8)13-5-6-1-3-7(4-2-6)17(18)19/h1-4H,5H2,(H,13,14,16). The first-order valence-corrected chi connectivity index (χ1v) is 5.85. The molecule has 0 atom stereocenters. The van der Waals surface area contributed by atoms with Crippen LogP contribution in [0.4, 0.5) is 11.5 Å². The number of non-ortho nitro benzene ring substituents is 1. The van der Waals surface area contributed by atoms with Crippen LogP contribution in [0.25, 0.3) is 0 Å². The Bertz CT molecular complexity index is 605. The number of halogens is 2. The number of aromatic nitrogens is 3. The number of hydrogen-bond donors (Lipinski definition) is 1. The van der Waals surface area contributed by atoms with Crippen LogP contribution in [-0.2, 0) is 6.54 Å². The van der Waals surface area contributed by atoms with Crippen molar-refractivity contribution in [2.75, 3.05) is 5.32 Å². The van der Waals surface area contributed by atoms with Crippen molar-refractivity contribution in [2.45, 2.75) is 6.54 Å². The van der Waals surface area contributed by atoms with Crippen LogP contribution in [0.1, 0.15) is 5.56 Å². The van der Waals surface area contributed by atoms with Crippen LogP contribution in [0.2, 0.25) is 10.4 Å². The van der Waals surface area contributed by atoms with Crippen LogP contribution in [0.5, 0.6) is 0 Å². The van der Waals surface area contributed by atoms with Crippen molar-refractivity contribution in [2.24, 2.45) is 0 Å². The van der Waals surface area contributed by atoms with Crippen LogP contribution >= 0.6 is 23.2 Å². The van der Waals surface area contributed by atoms with Gasteiger partial charge in [-0.15, -0.1) is 10.2 Å².